The van der Waals surface area contributed by atoms with Gasteiger partial charge in [-0.25, -0.2) is 4.98 Å². The van der Waals surface area contributed by atoms with E-state index in [1.807, 2.05) is 66.7 Å². The van der Waals surface area contributed by atoms with Crippen molar-refractivity contribution >= 4 is 54.6 Å². The Balaban J connectivity index is 1.68. The minimum absolute atomic E-state index is 0.120. The van der Waals surface area contributed by atoms with E-state index < -0.39 is 0 Å². The topological polar surface area (TPSA) is 46.1 Å². The molecule has 6 heteroatoms. The summed E-state index contributed by atoms with van der Waals surface area (Å²) in [5.41, 5.74) is 2.80. The number of carbonyl (C=O) groups is 1. The second-order valence-corrected chi connectivity index (χ2v) is 8.06. The van der Waals surface area contributed by atoms with Crippen LogP contribution >= 0.6 is 27.3 Å². The molecule has 0 saturated carbocycles. The molecule has 0 unspecified atom stereocenters. The fourth-order valence-electron chi connectivity index (χ4n) is 2.74. The van der Waals surface area contributed by atoms with E-state index in [1.165, 1.54) is 11.3 Å². The highest BCUT2D eigenvalue weighted by Crippen LogP contribution is 2.31. The number of hydrogen-bond acceptors (Lipinski definition) is 4. The Labute approximate surface area is 175 Å². The van der Waals surface area contributed by atoms with Crippen LogP contribution in [0.15, 0.2) is 83.6 Å². The van der Waals surface area contributed by atoms with Crippen molar-refractivity contribution in [1.82, 2.24) is 9.97 Å². The molecule has 0 bridgehead atoms. The number of thiazole rings is 1. The SMILES string of the molecule is O=C(/C=C/c1ccccc1)N(Cc1cccnc1)c1nc2ccc(Br)cc2s1. The average molecular weight is 450 g/mol. The van der Waals surface area contributed by atoms with Crippen molar-refractivity contribution in [3.8, 4) is 0 Å². The molecule has 0 saturated heterocycles. The molecule has 28 heavy (non-hydrogen) atoms. The van der Waals surface area contributed by atoms with Crippen LogP contribution in [0.5, 0.6) is 0 Å². The number of aromatic nitrogens is 2. The monoisotopic (exact) mass is 449 g/mol. The number of halogens is 1. The first-order valence-corrected chi connectivity index (χ1v) is 10.3. The summed E-state index contributed by atoms with van der Waals surface area (Å²) in [7, 11) is 0. The number of carbonyl (C=O) groups excluding carboxylic acids is 1. The van der Waals surface area contributed by atoms with E-state index in [-0.39, 0.29) is 5.91 Å². The Morgan fingerprint density at radius 2 is 1.96 bits per heavy atom. The summed E-state index contributed by atoms with van der Waals surface area (Å²) < 4.78 is 2.02. The van der Waals surface area contributed by atoms with Crippen LogP contribution in [0, 0.1) is 0 Å². The summed E-state index contributed by atoms with van der Waals surface area (Å²) in [6.45, 7) is 0.410. The largest absolute Gasteiger partial charge is 0.280 e. The number of hydrogen-bond donors (Lipinski definition) is 0. The minimum atomic E-state index is -0.120. The van der Waals surface area contributed by atoms with Crippen molar-refractivity contribution in [1.29, 1.82) is 0 Å². The van der Waals surface area contributed by atoms with Crippen LogP contribution in [0.4, 0.5) is 5.13 Å². The summed E-state index contributed by atoms with van der Waals surface area (Å²) in [5, 5.41) is 0.666. The number of amides is 1. The van der Waals surface area contributed by atoms with Gasteiger partial charge in [0.1, 0.15) is 0 Å². The van der Waals surface area contributed by atoms with Crippen LogP contribution in [0.2, 0.25) is 0 Å². The van der Waals surface area contributed by atoms with Crippen molar-refractivity contribution in [2.45, 2.75) is 6.54 Å². The number of rotatable bonds is 5. The highest BCUT2D eigenvalue weighted by Gasteiger charge is 2.18. The number of pyridine rings is 1. The van der Waals surface area contributed by atoms with Gasteiger partial charge in [-0.3, -0.25) is 14.7 Å². The predicted octanol–water partition coefficient (Wildman–Crippen LogP) is 5.70. The van der Waals surface area contributed by atoms with Gasteiger partial charge in [0.2, 0.25) is 0 Å². The van der Waals surface area contributed by atoms with E-state index in [2.05, 4.69) is 25.9 Å². The van der Waals surface area contributed by atoms with Gasteiger partial charge < -0.3 is 0 Å². The van der Waals surface area contributed by atoms with Gasteiger partial charge in [0.15, 0.2) is 5.13 Å². The van der Waals surface area contributed by atoms with Crippen molar-refractivity contribution in [2.24, 2.45) is 0 Å². The Bertz CT molecular complexity index is 1130. The van der Waals surface area contributed by atoms with Gasteiger partial charge in [-0.1, -0.05) is 63.7 Å². The molecule has 4 rings (SSSR count). The van der Waals surface area contributed by atoms with Crippen molar-refractivity contribution < 1.29 is 4.79 Å². The maximum Gasteiger partial charge on any atom is 0.253 e. The molecule has 4 aromatic rings. The fraction of sp³-hybridized carbons (Fsp3) is 0.0455. The van der Waals surface area contributed by atoms with E-state index in [9.17, 15) is 4.79 Å². The van der Waals surface area contributed by atoms with Crippen LogP contribution < -0.4 is 4.90 Å². The number of nitrogens with zero attached hydrogens (tertiary/aromatic N) is 3. The molecular weight excluding hydrogens is 434 g/mol. The molecule has 0 aliphatic heterocycles. The molecule has 2 aromatic heterocycles. The van der Waals surface area contributed by atoms with Gasteiger partial charge in [0, 0.05) is 22.9 Å². The maximum absolute atomic E-state index is 13.0. The number of benzene rings is 2. The molecule has 0 aliphatic carbocycles. The molecule has 2 heterocycles. The number of fused-ring (bicyclic) bond motifs is 1. The van der Waals surface area contributed by atoms with Crippen LogP contribution in [-0.4, -0.2) is 15.9 Å². The zero-order valence-electron chi connectivity index (χ0n) is 14.8. The number of anilines is 1. The fourth-order valence-corrected chi connectivity index (χ4v) is 4.26. The second kappa shape index (κ2) is 8.46. The molecule has 2 aromatic carbocycles. The first kappa shape index (κ1) is 18.5. The molecule has 0 atom stereocenters. The molecule has 0 spiro atoms. The standard InChI is InChI=1S/C22H16BrN3OS/c23-18-9-10-19-20(13-18)28-22(25-19)26(15-17-7-4-12-24-14-17)21(27)11-8-16-5-2-1-3-6-16/h1-14H,15H2/b11-8+. The normalized spacial score (nSPS) is 11.2. The van der Waals surface area contributed by atoms with Gasteiger partial charge in [-0.05, 0) is 41.5 Å². The van der Waals surface area contributed by atoms with E-state index in [0.717, 1.165) is 25.8 Å². The van der Waals surface area contributed by atoms with Gasteiger partial charge >= 0.3 is 0 Å². The second-order valence-electron chi connectivity index (χ2n) is 6.14. The first-order valence-electron chi connectivity index (χ1n) is 8.69. The van der Waals surface area contributed by atoms with E-state index in [0.29, 0.717) is 11.7 Å². The molecule has 0 fully saturated rings. The summed E-state index contributed by atoms with van der Waals surface area (Å²) in [4.78, 5) is 23.6. The van der Waals surface area contributed by atoms with Crippen LogP contribution in [0.3, 0.4) is 0 Å². The smallest absolute Gasteiger partial charge is 0.253 e. The van der Waals surface area contributed by atoms with Gasteiger partial charge in [-0.2, -0.15) is 0 Å². The van der Waals surface area contributed by atoms with Gasteiger partial charge in [0.05, 0.1) is 16.8 Å². The summed E-state index contributed by atoms with van der Waals surface area (Å²) >= 11 is 4.99. The lowest BCUT2D eigenvalue weighted by molar-refractivity contribution is -0.114. The van der Waals surface area contributed by atoms with Gasteiger partial charge in [-0.15, -0.1) is 0 Å². The maximum atomic E-state index is 13.0. The Morgan fingerprint density at radius 1 is 1.11 bits per heavy atom. The minimum Gasteiger partial charge on any atom is -0.280 e. The summed E-state index contributed by atoms with van der Waals surface area (Å²) in [5.74, 6) is -0.120. The Hall–Kier alpha value is -2.83. The Morgan fingerprint density at radius 3 is 2.75 bits per heavy atom. The van der Waals surface area contributed by atoms with E-state index >= 15 is 0 Å². The van der Waals surface area contributed by atoms with E-state index in [4.69, 9.17) is 0 Å². The quantitative estimate of drug-likeness (QED) is 0.367. The third-order valence-electron chi connectivity index (χ3n) is 4.12. The van der Waals surface area contributed by atoms with Crippen molar-refractivity contribution in [3.63, 3.8) is 0 Å². The lowest BCUT2D eigenvalue weighted by atomic mass is 10.2. The molecule has 0 N–H and O–H groups in total. The van der Waals surface area contributed by atoms with Crippen LogP contribution in [-0.2, 0) is 11.3 Å². The third-order valence-corrected chi connectivity index (χ3v) is 5.65. The molecule has 4 nitrogen and oxygen atoms in total. The lowest BCUT2D eigenvalue weighted by Crippen LogP contribution is -2.28. The average Bonchev–Trinajstić information content (AvgIpc) is 3.14. The lowest BCUT2D eigenvalue weighted by Gasteiger charge is -2.18. The van der Waals surface area contributed by atoms with Crippen LogP contribution in [0.25, 0.3) is 16.3 Å². The van der Waals surface area contributed by atoms with Crippen LogP contribution in [0.1, 0.15) is 11.1 Å². The predicted molar refractivity (Wildman–Crippen MR) is 118 cm³/mol. The van der Waals surface area contributed by atoms with E-state index in [1.54, 1.807) is 23.4 Å². The molecule has 0 aliphatic rings. The Kier molecular flexibility index (Phi) is 5.60. The molecular formula is C22H16BrN3OS. The zero-order chi connectivity index (χ0) is 19.3. The molecule has 138 valence electrons. The highest BCUT2D eigenvalue weighted by molar-refractivity contribution is 9.10. The summed E-state index contributed by atoms with van der Waals surface area (Å²) in [6.07, 6.45) is 6.90. The molecule has 1 amide bonds. The third kappa shape index (κ3) is 4.35. The molecule has 0 radical (unpaired) electrons. The summed E-state index contributed by atoms with van der Waals surface area (Å²) in [6, 6.07) is 19.5. The van der Waals surface area contributed by atoms with Crippen molar-refractivity contribution in [2.75, 3.05) is 4.90 Å². The first-order chi connectivity index (χ1) is 13.7. The van der Waals surface area contributed by atoms with Gasteiger partial charge in [0.25, 0.3) is 5.91 Å². The highest BCUT2D eigenvalue weighted by atomic mass is 79.9. The van der Waals surface area contributed by atoms with Crippen molar-refractivity contribution in [3.05, 3.63) is 94.7 Å². The zero-order valence-corrected chi connectivity index (χ0v) is 17.2.